The molecule has 1 fully saturated rings. The van der Waals surface area contributed by atoms with Crippen LogP contribution >= 0.6 is 11.6 Å². The molecule has 3 nitrogen and oxygen atoms in total. The highest BCUT2D eigenvalue weighted by Crippen LogP contribution is 2.36. The van der Waals surface area contributed by atoms with E-state index in [4.69, 9.17) is 11.6 Å². The summed E-state index contributed by atoms with van der Waals surface area (Å²) in [6, 6.07) is 5.77. The maximum atomic E-state index is 12.0. The molecule has 0 radical (unpaired) electrons. The summed E-state index contributed by atoms with van der Waals surface area (Å²) in [4.78, 5) is 0.450. The molecule has 1 atom stereocenters. The van der Waals surface area contributed by atoms with Gasteiger partial charge in [0.2, 0.25) is 0 Å². The maximum Gasteiger partial charge on any atom is 0.178 e. The molecule has 0 amide bonds. The first-order chi connectivity index (χ1) is 8.06. The van der Waals surface area contributed by atoms with Crippen LogP contribution in [-0.2, 0) is 9.84 Å². The first-order valence-corrected chi connectivity index (χ1v) is 7.87. The number of sulfone groups is 1. The van der Waals surface area contributed by atoms with E-state index in [1.807, 2.05) is 0 Å². The molecular formula is C12H14ClNO2S. The van der Waals surface area contributed by atoms with Crippen molar-refractivity contribution in [2.45, 2.75) is 36.2 Å². The van der Waals surface area contributed by atoms with Gasteiger partial charge in [0.1, 0.15) is 0 Å². The van der Waals surface area contributed by atoms with E-state index >= 15 is 0 Å². The summed E-state index contributed by atoms with van der Waals surface area (Å²) < 4.78 is 23.9. The van der Waals surface area contributed by atoms with E-state index in [0.29, 0.717) is 22.4 Å². The fourth-order valence-corrected chi connectivity index (χ4v) is 4.10. The third-order valence-electron chi connectivity index (χ3n) is 3.37. The number of fused-ring (bicyclic) bond motifs is 1. The number of benzene rings is 1. The minimum Gasteiger partial charge on any atom is -0.307 e. The number of hydrogen-bond donors (Lipinski definition) is 1. The molecule has 1 heterocycles. The van der Waals surface area contributed by atoms with Crippen LogP contribution in [-0.4, -0.2) is 20.2 Å². The molecule has 92 valence electrons. The highest BCUT2D eigenvalue weighted by Gasteiger charge is 2.33. The molecule has 1 N–H and O–H groups in total. The van der Waals surface area contributed by atoms with E-state index in [-0.39, 0.29) is 11.8 Å². The Labute approximate surface area is 106 Å². The quantitative estimate of drug-likeness (QED) is 0.898. The van der Waals surface area contributed by atoms with Gasteiger partial charge in [0.15, 0.2) is 9.84 Å². The molecule has 0 bridgehead atoms. The zero-order valence-electron chi connectivity index (χ0n) is 9.32. The van der Waals surface area contributed by atoms with E-state index in [1.54, 1.807) is 18.2 Å². The minimum absolute atomic E-state index is 0.139. The summed E-state index contributed by atoms with van der Waals surface area (Å²) in [6.07, 6.45) is 3.03. The van der Waals surface area contributed by atoms with Crippen LogP contribution in [0, 0.1) is 0 Å². The molecular weight excluding hydrogens is 258 g/mol. The molecule has 0 saturated heterocycles. The van der Waals surface area contributed by atoms with Crippen molar-refractivity contribution < 1.29 is 8.42 Å². The second-order valence-corrected chi connectivity index (χ2v) is 7.30. The van der Waals surface area contributed by atoms with Crippen LogP contribution < -0.4 is 5.32 Å². The lowest BCUT2D eigenvalue weighted by atomic mass is 10.0. The molecule has 3 rings (SSSR count). The normalized spacial score (nSPS) is 26.5. The average molecular weight is 272 g/mol. The van der Waals surface area contributed by atoms with Crippen molar-refractivity contribution in [2.75, 3.05) is 5.75 Å². The lowest BCUT2D eigenvalue weighted by Crippen LogP contribution is -2.31. The van der Waals surface area contributed by atoms with Crippen LogP contribution in [0.1, 0.15) is 30.9 Å². The topological polar surface area (TPSA) is 46.2 Å². The second kappa shape index (κ2) is 3.97. The van der Waals surface area contributed by atoms with Crippen molar-refractivity contribution in [1.82, 2.24) is 5.32 Å². The Morgan fingerprint density at radius 2 is 2.00 bits per heavy atom. The lowest BCUT2D eigenvalue weighted by Gasteiger charge is -2.26. The Kier molecular flexibility index (Phi) is 2.69. The Hall–Kier alpha value is -0.580. The summed E-state index contributed by atoms with van der Waals surface area (Å²) in [5.41, 5.74) is 0.843. The molecule has 17 heavy (non-hydrogen) atoms. The number of halogens is 1. The van der Waals surface area contributed by atoms with Crippen molar-refractivity contribution in [3.05, 3.63) is 28.8 Å². The van der Waals surface area contributed by atoms with Gasteiger partial charge in [-0.05, 0) is 43.0 Å². The second-order valence-electron chi connectivity index (χ2n) is 4.78. The van der Waals surface area contributed by atoms with E-state index in [0.717, 1.165) is 5.56 Å². The van der Waals surface area contributed by atoms with Gasteiger partial charge in [-0.1, -0.05) is 11.6 Å². The maximum absolute atomic E-state index is 12.0. The summed E-state index contributed by atoms with van der Waals surface area (Å²) in [6.45, 7) is 0. The zero-order valence-corrected chi connectivity index (χ0v) is 10.9. The van der Waals surface area contributed by atoms with E-state index in [9.17, 15) is 8.42 Å². The van der Waals surface area contributed by atoms with Crippen molar-refractivity contribution in [3.8, 4) is 0 Å². The SMILES string of the molecule is O=S1(=O)CCC(NC2CC2)c2cc(Cl)ccc21. The number of rotatable bonds is 2. The molecule has 5 heteroatoms. The van der Waals surface area contributed by atoms with E-state index in [1.165, 1.54) is 12.8 Å². The van der Waals surface area contributed by atoms with Gasteiger partial charge >= 0.3 is 0 Å². The van der Waals surface area contributed by atoms with Gasteiger partial charge in [-0.3, -0.25) is 0 Å². The van der Waals surface area contributed by atoms with Crippen molar-refractivity contribution in [3.63, 3.8) is 0 Å². The van der Waals surface area contributed by atoms with E-state index < -0.39 is 9.84 Å². The van der Waals surface area contributed by atoms with Gasteiger partial charge in [-0.25, -0.2) is 8.42 Å². The standard InChI is InChI=1S/C12H14ClNO2S/c13-8-1-4-12-10(7-8)11(14-9-2-3-9)5-6-17(12,15)16/h1,4,7,9,11,14H,2-3,5-6H2. The smallest absolute Gasteiger partial charge is 0.178 e. The highest BCUT2D eigenvalue weighted by atomic mass is 35.5. The molecule has 1 aliphatic heterocycles. The Balaban J connectivity index is 2.04. The fraction of sp³-hybridized carbons (Fsp3) is 0.500. The molecule has 1 aromatic rings. The molecule has 1 saturated carbocycles. The third-order valence-corrected chi connectivity index (χ3v) is 5.42. The summed E-state index contributed by atoms with van der Waals surface area (Å²) >= 11 is 5.96. The van der Waals surface area contributed by atoms with Gasteiger partial charge in [0.25, 0.3) is 0 Å². The Bertz CT molecular complexity index is 552. The lowest BCUT2D eigenvalue weighted by molar-refractivity contribution is 0.489. The van der Waals surface area contributed by atoms with Gasteiger partial charge in [0, 0.05) is 17.1 Å². The predicted octanol–water partition coefficient (Wildman–Crippen LogP) is 2.31. The van der Waals surface area contributed by atoms with Crippen LogP contribution in [0.2, 0.25) is 5.02 Å². The average Bonchev–Trinajstić information content (AvgIpc) is 3.06. The predicted molar refractivity (Wildman–Crippen MR) is 67.0 cm³/mol. The summed E-state index contributed by atoms with van der Waals surface area (Å²) in [5, 5.41) is 4.09. The van der Waals surface area contributed by atoms with Gasteiger partial charge in [-0.15, -0.1) is 0 Å². The first kappa shape index (κ1) is 11.5. The zero-order chi connectivity index (χ0) is 12.0. The number of hydrogen-bond acceptors (Lipinski definition) is 3. The van der Waals surface area contributed by atoms with Crippen LogP contribution in [0.3, 0.4) is 0 Å². The van der Waals surface area contributed by atoms with Gasteiger partial charge in [0.05, 0.1) is 10.6 Å². The summed E-state index contributed by atoms with van der Waals surface area (Å²) in [5.74, 6) is 0.228. The first-order valence-electron chi connectivity index (χ1n) is 5.84. The van der Waals surface area contributed by atoms with Crippen LogP contribution in [0.25, 0.3) is 0 Å². The third kappa shape index (κ3) is 2.21. The van der Waals surface area contributed by atoms with Crippen LogP contribution in [0.4, 0.5) is 0 Å². The highest BCUT2D eigenvalue weighted by molar-refractivity contribution is 7.91. The molecule has 1 unspecified atom stereocenters. The van der Waals surface area contributed by atoms with E-state index in [2.05, 4.69) is 5.32 Å². The molecule has 0 aromatic heterocycles. The monoisotopic (exact) mass is 271 g/mol. The van der Waals surface area contributed by atoms with Crippen molar-refractivity contribution >= 4 is 21.4 Å². The van der Waals surface area contributed by atoms with Crippen LogP contribution in [0.15, 0.2) is 23.1 Å². The van der Waals surface area contributed by atoms with Crippen molar-refractivity contribution in [2.24, 2.45) is 0 Å². The fourth-order valence-electron chi connectivity index (χ4n) is 2.32. The largest absolute Gasteiger partial charge is 0.307 e. The van der Waals surface area contributed by atoms with Gasteiger partial charge in [-0.2, -0.15) is 0 Å². The van der Waals surface area contributed by atoms with Crippen molar-refractivity contribution in [1.29, 1.82) is 0 Å². The Morgan fingerprint density at radius 1 is 1.24 bits per heavy atom. The molecule has 1 aromatic carbocycles. The molecule has 0 spiro atoms. The summed E-state index contributed by atoms with van der Waals surface area (Å²) in [7, 11) is -3.11. The number of nitrogens with one attached hydrogen (secondary N) is 1. The Morgan fingerprint density at radius 3 is 2.71 bits per heavy atom. The van der Waals surface area contributed by atoms with Gasteiger partial charge < -0.3 is 5.32 Å². The minimum atomic E-state index is -3.11. The molecule has 2 aliphatic rings. The van der Waals surface area contributed by atoms with Crippen LogP contribution in [0.5, 0.6) is 0 Å². The molecule has 1 aliphatic carbocycles.